The number of unbranched alkanes of at least 4 members (excludes halogenated alkanes) is 1. The highest BCUT2D eigenvalue weighted by molar-refractivity contribution is 4.62. The molecule has 1 unspecified atom stereocenters. The molecule has 0 aromatic rings. The van der Waals surface area contributed by atoms with Gasteiger partial charge in [-0.1, -0.05) is 46.1 Å². The van der Waals surface area contributed by atoms with E-state index >= 15 is 0 Å². The first-order valence-corrected chi connectivity index (χ1v) is 5.15. The molecule has 0 saturated carbocycles. The summed E-state index contributed by atoms with van der Waals surface area (Å²) in [6, 6.07) is 0. The van der Waals surface area contributed by atoms with Crippen LogP contribution < -0.4 is 5.32 Å². The van der Waals surface area contributed by atoms with Crippen LogP contribution in [0.3, 0.4) is 0 Å². The molecule has 1 nitrogen and oxygen atoms in total. The molecule has 0 radical (unpaired) electrons. The number of rotatable bonds is 8. The predicted molar refractivity (Wildman–Crippen MR) is 56.1 cm³/mol. The highest BCUT2D eigenvalue weighted by atomic mass is 14.8. The third kappa shape index (κ3) is 7.64. The Kier molecular flexibility index (Phi) is 8.30. The third-order valence-corrected chi connectivity index (χ3v) is 2.19. The van der Waals surface area contributed by atoms with Gasteiger partial charge in [0.05, 0.1) is 0 Å². The van der Waals surface area contributed by atoms with Crippen LogP contribution in [0.15, 0.2) is 12.8 Å². The van der Waals surface area contributed by atoms with Crippen molar-refractivity contribution in [3.05, 3.63) is 12.8 Å². The van der Waals surface area contributed by atoms with Crippen LogP contribution in [0.1, 0.15) is 46.0 Å². The lowest BCUT2D eigenvalue weighted by Crippen LogP contribution is -2.06. The maximum atomic E-state index is 3.61. The second-order valence-electron chi connectivity index (χ2n) is 3.55. The van der Waals surface area contributed by atoms with Gasteiger partial charge in [0.2, 0.25) is 0 Å². The molecule has 0 aliphatic heterocycles. The molecule has 0 aliphatic carbocycles. The highest BCUT2D eigenvalue weighted by Crippen LogP contribution is 2.12. The standard InChI is InChI=1S/C11H23N/c1-4-8-11(3)9-6-7-10-12-5-2/h5,11-12H,2,4,6-10H2,1,3H3. The largest absolute Gasteiger partial charge is 0.391 e. The fraction of sp³-hybridized carbons (Fsp3) is 0.818. The van der Waals surface area contributed by atoms with Crippen LogP contribution in [0.25, 0.3) is 0 Å². The highest BCUT2D eigenvalue weighted by Gasteiger charge is 1.98. The van der Waals surface area contributed by atoms with E-state index in [2.05, 4.69) is 25.7 Å². The summed E-state index contributed by atoms with van der Waals surface area (Å²) in [6.07, 6.45) is 8.49. The molecule has 1 atom stereocenters. The lowest BCUT2D eigenvalue weighted by Gasteiger charge is -2.08. The minimum absolute atomic E-state index is 0.915. The fourth-order valence-electron chi connectivity index (χ4n) is 1.46. The zero-order chi connectivity index (χ0) is 9.23. The molecule has 1 N–H and O–H groups in total. The second-order valence-corrected chi connectivity index (χ2v) is 3.55. The summed E-state index contributed by atoms with van der Waals surface area (Å²) in [5.74, 6) is 0.915. The summed E-state index contributed by atoms with van der Waals surface area (Å²) in [7, 11) is 0. The Labute approximate surface area is 77.2 Å². The Morgan fingerprint density at radius 1 is 1.33 bits per heavy atom. The molecule has 0 amide bonds. The number of nitrogens with one attached hydrogen (secondary N) is 1. The Morgan fingerprint density at radius 3 is 2.67 bits per heavy atom. The molecular formula is C11H23N. The van der Waals surface area contributed by atoms with Crippen LogP contribution >= 0.6 is 0 Å². The number of hydrogen-bond donors (Lipinski definition) is 1. The summed E-state index contributed by atoms with van der Waals surface area (Å²) in [5, 5.41) is 3.12. The topological polar surface area (TPSA) is 12.0 Å². The maximum Gasteiger partial charge on any atom is 0.0141 e. The summed E-state index contributed by atoms with van der Waals surface area (Å²) in [4.78, 5) is 0. The SMILES string of the molecule is C=CNCCCCC(C)CCC. The molecule has 0 fully saturated rings. The van der Waals surface area contributed by atoms with Crippen molar-refractivity contribution in [2.75, 3.05) is 6.54 Å². The van der Waals surface area contributed by atoms with Gasteiger partial charge in [-0.05, 0) is 18.5 Å². The zero-order valence-electron chi connectivity index (χ0n) is 8.60. The minimum Gasteiger partial charge on any atom is -0.391 e. The van der Waals surface area contributed by atoms with Crippen molar-refractivity contribution >= 4 is 0 Å². The van der Waals surface area contributed by atoms with Crippen molar-refractivity contribution in [1.82, 2.24) is 5.32 Å². The predicted octanol–water partition coefficient (Wildman–Crippen LogP) is 3.33. The van der Waals surface area contributed by atoms with Crippen LogP contribution in [-0.2, 0) is 0 Å². The molecule has 0 heterocycles. The van der Waals surface area contributed by atoms with Gasteiger partial charge >= 0.3 is 0 Å². The molecule has 0 aromatic heterocycles. The van der Waals surface area contributed by atoms with Gasteiger partial charge in [-0.15, -0.1) is 0 Å². The van der Waals surface area contributed by atoms with E-state index in [9.17, 15) is 0 Å². The molecule has 0 saturated heterocycles. The first kappa shape index (κ1) is 11.5. The maximum absolute atomic E-state index is 3.61. The Bertz CT molecular complexity index is 99.2. The monoisotopic (exact) mass is 169 g/mol. The van der Waals surface area contributed by atoms with E-state index in [0.717, 1.165) is 12.5 Å². The lowest BCUT2D eigenvalue weighted by molar-refractivity contribution is 0.459. The van der Waals surface area contributed by atoms with E-state index in [1.54, 1.807) is 6.20 Å². The molecule has 72 valence electrons. The van der Waals surface area contributed by atoms with E-state index in [4.69, 9.17) is 0 Å². The number of hydrogen-bond acceptors (Lipinski definition) is 1. The van der Waals surface area contributed by atoms with Crippen LogP contribution in [-0.4, -0.2) is 6.54 Å². The summed E-state index contributed by atoms with van der Waals surface area (Å²) in [6.45, 7) is 9.31. The van der Waals surface area contributed by atoms with Crippen LogP contribution in [0.2, 0.25) is 0 Å². The quantitative estimate of drug-likeness (QED) is 0.550. The van der Waals surface area contributed by atoms with E-state index in [1.165, 1.54) is 32.1 Å². The van der Waals surface area contributed by atoms with Crippen LogP contribution in [0.4, 0.5) is 0 Å². The van der Waals surface area contributed by atoms with Crippen molar-refractivity contribution in [3.63, 3.8) is 0 Å². The van der Waals surface area contributed by atoms with E-state index in [1.807, 2.05) is 0 Å². The van der Waals surface area contributed by atoms with Crippen LogP contribution in [0, 0.1) is 5.92 Å². The second kappa shape index (κ2) is 8.63. The minimum atomic E-state index is 0.915. The zero-order valence-corrected chi connectivity index (χ0v) is 8.60. The van der Waals surface area contributed by atoms with Gasteiger partial charge in [0.15, 0.2) is 0 Å². The van der Waals surface area contributed by atoms with E-state index in [-0.39, 0.29) is 0 Å². The smallest absolute Gasteiger partial charge is 0.0141 e. The van der Waals surface area contributed by atoms with Gasteiger partial charge in [0.1, 0.15) is 0 Å². The molecule has 1 heteroatoms. The normalized spacial score (nSPS) is 12.5. The molecule has 0 spiro atoms. The van der Waals surface area contributed by atoms with Crippen LogP contribution in [0.5, 0.6) is 0 Å². The third-order valence-electron chi connectivity index (χ3n) is 2.19. The fourth-order valence-corrected chi connectivity index (χ4v) is 1.46. The van der Waals surface area contributed by atoms with Gasteiger partial charge in [0.25, 0.3) is 0 Å². The Hall–Kier alpha value is -0.460. The molecule has 0 bridgehead atoms. The van der Waals surface area contributed by atoms with Crippen molar-refractivity contribution in [2.24, 2.45) is 5.92 Å². The molecule has 12 heavy (non-hydrogen) atoms. The Morgan fingerprint density at radius 2 is 2.08 bits per heavy atom. The Balaban J connectivity index is 3.02. The van der Waals surface area contributed by atoms with Crippen molar-refractivity contribution in [3.8, 4) is 0 Å². The average Bonchev–Trinajstić information content (AvgIpc) is 2.05. The molecule has 0 aromatic carbocycles. The molecule has 0 aliphatic rings. The van der Waals surface area contributed by atoms with Crippen molar-refractivity contribution < 1.29 is 0 Å². The summed E-state index contributed by atoms with van der Waals surface area (Å²) in [5.41, 5.74) is 0. The first-order chi connectivity index (χ1) is 5.81. The van der Waals surface area contributed by atoms with Gasteiger partial charge in [-0.3, -0.25) is 0 Å². The molecule has 0 rings (SSSR count). The van der Waals surface area contributed by atoms with Gasteiger partial charge in [0, 0.05) is 6.54 Å². The first-order valence-electron chi connectivity index (χ1n) is 5.15. The molecular weight excluding hydrogens is 146 g/mol. The van der Waals surface area contributed by atoms with Gasteiger partial charge in [-0.25, -0.2) is 0 Å². The lowest BCUT2D eigenvalue weighted by atomic mass is 9.99. The van der Waals surface area contributed by atoms with Crippen molar-refractivity contribution in [1.29, 1.82) is 0 Å². The van der Waals surface area contributed by atoms with Gasteiger partial charge < -0.3 is 5.32 Å². The average molecular weight is 169 g/mol. The van der Waals surface area contributed by atoms with Gasteiger partial charge in [-0.2, -0.15) is 0 Å². The van der Waals surface area contributed by atoms with E-state index in [0.29, 0.717) is 0 Å². The summed E-state index contributed by atoms with van der Waals surface area (Å²) >= 11 is 0. The summed E-state index contributed by atoms with van der Waals surface area (Å²) < 4.78 is 0. The van der Waals surface area contributed by atoms with Crippen molar-refractivity contribution in [2.45, 2.75) is 46.0 Å². The van der Waals surface area contributed by atoms with E-state index < -0.39 is 0 Å².